The van der Waals surface area contributed by atoms with E-state index < -0.39 is 0 Å². The Kier molecular flexibility index (Phi) is 5.52. The normalized spacial score (nSPS) is 10.7. The zero-order valence-electron chi connectivity index (χ0n) is 18.0. The topological polar surface area (TPSA) is 43.7 Å². The number of benzene rings is 5. The fourth-order valence-electron chi connectivity index (χ4n) is 3.94. The predicted molar refractivity (Wildman–Crippen MR) is 135 cm³/mol. The van der Waals surface area contributed by atoms with E-state index in [1.165, 1.54) is 0 Å². The molecule has 3 heteroatoms. The van der Waals surface area contributed by atoms with Crippen molar-refractivity contribution in [3.05, 3.63) is 127 Å². The minimum atomic E-state index is 0.265. The van der Waals surface area contributed by atoms with E-state index in [1.54, 1.807) is 24.3 Å². The average Bonchev–Trinajstić information content (AvgIpc) is 2.87. The summed E-state index contributed by atoms with van der Waals surface area (Å²) in [6.07, 6.45) is 0. The molecule has 0 atom stereocenters. The van der Waals surface area contributed by atoms with Gasteiger partial charge >= 0.3 is 0 Å². The van der Waals surface area contributed by atoms with Crippen molar-refractivity contribution in [2.75, 3.05) is 4.90 Å². The van der Waals surface area contributed by atoms with E-state index in [1.807, 2.05) is 42.5 Å². The summed E-state index contributed by atoms with van der Waals surface area (Å²) in [7, 11) is 0. The van der Waals surface area contributed by atoms with Crippen LogP contribution in [0.4, 0.5) is 17.1 Å². The maximum absolute atomic E-state index is 9.56. The van der Waals surface area contributed by atoms with Crippen LogP contribution in [0.2, 0.25) is 0 Å². The van der Waals surface area contributed by atoms with Crippen LogP contribution in [0, 0.1) is 0 Å². The molecule has 0 unspecified atom stereocenters. The van der Waals surface area contributed by atoms with Gasteiger partial charge in [-0.1, -0.05) is 66.7 Å². The van der Waals surface area contributed by atoms with Gasteiger partial charge in [-0.15, -0.1) is 0 Å². The van der Waals surface area contributed by atoms with Crippen LogP contribution < -0.4 is 4.90 Å². The lowest BCUT2D eigenvalue weighted by atomic mass is 10.0. The molecule has 160 valence electrons. The highest BCUT2D eigenvalue weighted by Crippen LogP contribution is 2.36. The second-order valence-corrected chi connectivity index (χ2v) is 7.86. The van der Waals surface area contributed by atoms with Gasteiger partial charge in [0.25, 0.3) is 0 Å². The Morgan fingerprint density at radius 1 is 0.333 bits per heavy atom. The number of para-hydroxylation sites is 1. The smallest absolute Gasteiger partial charge is 0.115 e. The molecule has 2 N–H and O–H groups in total. The van der Waals surface area contributed by atoms with Crippen molar-refractivity contribution in [3.8, 4) is 33.8 Å². The molecule has 5 aromatic rings. The molecule has 3 nitrogen and oxygen atoms in total. The lowest BCUT2D eigenvalue weighted by Gasteiger charge is -2.26. The number of hydrogen-bond acceptors (Lipinski definition) is 3. The Morgan fingerprint density at radius 3 is 1.00 bits per heavy atom. The number of phenolic OH excluding ortho intramolecular Hbond substituents is 2. The summed E-state index contributed by atoms with van der Waals surface area (Å²) in [5, 5.41) is 19.1. The largest absolute Gasteiger partial charge is 0.508 e. The SMILES string of the molecule is Oc1ccc(-c2ccc(N(c3ccccc3)c3ccc(-c4ccc(O)cc4)cc3)cc2)cc1. The van der Waals surface area contributed by atoms with Gasteiger partial charge in [0, 0.05) is 17.1 Å². The molecule has 0 saturated carbocycles. The van der Waals surface area contributed by atoms with E-state index in [-0.39, 0.29) is 11.5 Å². The van der Waals surface area contributed by atoms with Crippen LogP contribution in [0.3, 0.4) is 0 Å². The number of nitrogens with zero attached hydrogens (tertiary/aromatic N) is 1. The van der Waals surface area contributed by atoms with E-state index in [0.717, 1.165) is 39.3 Å². The third-order valence-electron chi connectivity index (χ3n) is 5.67. The van der Waals surface area contributed by atoms with Crippen molar-refractivity contribution < 1.29 is 10.2 Å². The van der Waals surface area contributed by atoms with Crippen LogP contribution in [-0.4, -0.2) is 10.2 Å². The Morgan fingerprint density at radius 2 is 0.636 bits per heavy atom. The number of hydrogen-bond donors (Lipinski definition) is 2. The third-order valence-corrected chi connectivity index (χ3v) is 5.67. The van der Waals surface area contributed by atoms with Gasteiger partial charge in [-0.3, -0.25) is 0 Å². The average molecular weight is 430 g/mol. The van der Waals surface area contributed by atoms with Crippen LogP contribution >= 0.6 is 0 Å². The monoisotopic (exact) mass is 429 g/mol. The van der Waals surface area contributed by atoms with Gasteiger partial charge in [-0.25, -0.2) is 0 Å². The van der Waals surface area contributed by atoms with E-state index in [0.29, 0.717) is 0 Å². The van der Waals surface area contributed by atoms with Crippen molar-refractivity contribution in [1.29, 1.82) is 0 Å². The minimum Gasteiger partial charge on any atom is -0.508 e. The zero-order valence-corrected chi connectivity index (χ0v) is 18.0. The van der Waals surface area contributed by atoms with Crippen molar-refractivity contribution in [2.45, 2.75) is 0 Å². The van der Waals surface area contributed by atoms with E-state index in [9.17, 15) is 10.2 Å². The van der Waals surface area contributed by atoms with Crippen molar-refractivity contribution in [3.63, 3.8) is 0 Å². The van der Waals surface area contributed by atoms with Gasteiger partial charge in [0.05, 0.1) is 0 Å². The highest BCUT2D eigenvalue weighted by molar-refractivity contribution is 5.79. The molecular weight excluding hydrogens is 406 g/mol. The quantitative estimate of drug-likeness (QED) is 0.298. The molecule has 0 amide bonds. The number of anilines is 3. The maximum atomic E-state index is 9.56. The first-order chi connectivity index (χ1) is 16.2. The summed E-state index contributed by atoms with van der Waals surface area (Å²) in [5.74, 6) is 0.530. The molecule has 0 saturated heterocycles. The van der Waals surface area contributed by atoms with Crippen LogP contribution in [0.15, 0.2) is 127 Å². The first kappa shape index (κ1) is 20.4. The Labute approximate surface area is 193 Å². The maximum Gasteiger partial charge on any atom is 0.115 e. The molecule has 0 heterocycles. The van der Waals surface area contributed by atoms with E-state index >= 15 is 0 Å². The molecule has 0 fully saturated rings. The van der Waals surface area contributed by atoms with Crippen LogP contribution in [0.1, 0.15) is 0 Å². The first-order valence-electron chi connectivity index (χ1n) is 10.8. The third kappa shape index (κ3) is 4.43. The zero-order chi connectivity index (χ0) is 22.6. The molecule has 0 radical (unpaired) electrons. The standard InChI is InChI=1S/C30H23NO2/c32-29-18-10-24(11-19-29)22-6-14-27(15-7-22)31(26-4-2-1-3-5-26)28-16-8-23(9-17-28)25-12-20-30(33)21-13-25/h1-21,32-33H. The summed E-state index contributed by atoms with van der Waals surface area (Å²) >= 11 is 0. The second kappa shape index (κ2) is 8.93. The minimum absolute atomic E-state index is 0.265. The number of phenols is 2. The second-order valence-electron chi connectivity index (χ2n) is 7.86. The summed E-state index contributed by atoms with van der Waals surface area (Å²) < 4.78 is 0. The van der Waals surface area contributed by atoms with Crippen molar-refractivity contribution >= 4 is 17.1 Å². The summed E-state index contributed by atoms with van der Waals surface area (Å²) in [4.78, 5) is 2.22. The molecule has 33 heavy (non-hydrogen) atoms. The molecule has 0 aromatic heterocycles. The van der Waals surface area contributed by atoms with Gasteiger partial charge in [0.1, 0.15) is 11.5 Å². The fourth-order valence-corrected chi connectivity index (χ4v) is 3.94. The Balaban J connectivity index is 1.50. The number of aromatic hydroxyl groups is 2. The predicted octanol–water partition coefficient (Wildman–Crippen LogP) is 7.90. The lowest BCUT2D eigenvalue weighted by molar-refractivity contribution is 0.475. The summed E-state index contributed by atoms with van der Waals surface area (Å²) in [6, 6.07) is 41.6. The van der Waals surface area contributed by atoms with E-state index in [4.69, 9.17) is 0 Å². The fraction of sp³-hybridized carbons (Fsp3) is 0. The van der Waals surface area contributed by atoms with Gasteiger partial charge in [-0.05, 0) is 82.9 Å². The lowest BCUT2D eigenvalue weighted by Crippen LogP contribution is -2.09. The van der Waals surface area contributed by atoms with Gasteiger partial charge in [-0.2, -0.15) is 0 Å². The molecule has 0 aliphatic rings. The van der Waals surface area contributed by atoms with Crippen LogP contribution in [0.5, 0.6) is 11.5 Å². The molecule has 0 aliphatic heterocycles. The molecule has 0 spiro atoms. The van der Waals surface area contributed by atoms with E-state index in [2.05, 4.69) is 65.6 Å². The Bertz CT molecular complexity index is 1240. The number of rotatable bonds is 5. The first-order valence-corrected chi connectivity index (χ1v) is 10.8. The van der Waals surface area contributed by atoms with Gasteiger partial charge in [0.15, 0.2) is 0 Å². The highest BCUT2D eigenvalue weighted by atomic mass is 16.3. The van der Waals surface area contributed by atoms with Crippen molar-refractivity contribution in [1.82, 2.24) is 0 Å². The highest BCUT2D eigenvalue weighted by Gasteiger charge is 2.13. The van der Waals surface area contributed by atoms with Gasteiger partial charge in [0.2, 0.25) is 0 Å². The van der Waals surface area contributed by atoms with Gasteiger partial charge < -0.3 is 15.1 Å². The summed E-state index contributed by atoms with van der Waals surface area (Å²) in [5.41, 5.74) is 7.49. The van der Waals surface area contributed by atoms with Crippen LogP contribution in [-0.2, 0) is 0 Å². The molecular formula is C30H23NO2. The molecule has 0 aliphatic carbocycles. The molecule has 5 rings (SSSR count). The van der Waals surface area contributed by atoms with Crippen molar-refractivity contribution in [2.24, 2.45) is 0 Å². The van der Waals surface area contributed by atoms with Crippen LogP contribution in [0.25, 0.3) is 22.3 Å². The molecule has 5 aromatic carbocycles. The summed E-state index contributed by atoms with van der Waals surface area (Å²) in [6.45, 7) is 0. The molecule has 0 bridgehead atoms. The Hall–Kier alpha value is -4.50.